The van der Waals surface area contributed by atoms with E-state index in [0.717, 1.165) is 19.3 Å². The van der Waals surface area contributed by atoms with E-state index >= 15 is 0 Å². The molecule has 0 heterocycles. The van der Waals surface area contributed by atoms with Gasteiger partial charge in [0.2, 0.25) is 0 Å². The van der Waals surface area contributed by atoms with Crippen LogP contribution in [-0.2, 0) is 0 Å². The molecule has 1 amide bonds. The zero-order valence-electron chi connectivity index (χ0n) is 11.2. The zero-order chi connectivity index (χ0) is 13.8. The minimum atomic E-state index is -0.115. The van der Waals surface area contributed by atoms with Gasteiger partial charge in [-0.3, -0.25) is 4.79 Å². The first-order chi connectivity index (χ1) is 9.13. The summed E-state index contributed by atoms with van der Waals surface area (Å²) < 4.78 is 0. The average molecular weight is 282 g/mol. The third kappa shape index (κ3) is 3.21. The van der Waals surface area contributed by atoms with E-state index in [9.17, 15) is 9.90 Å². The second-order valence-electron chi connectivity index (χ2n) is 5.23. The number of carbonyl (C=O) groups excluding carboxylic acids is 1. The van der Waals surface area contributed by atoms with Crippen LogP contribution < -0.4 is 5.32 Å². The Kier molecular flexibility index (Phi) is 4.70. The third-order valence-corrected chi connectivity index (χ3v) is 4.37. The van der Waals surface area contributed by atoms with E-state index in [0.29, 0.717) is 22.9 Å². The first-order valence-electron chi connectivity index (χ1n) is 6.79. The minimum Gasteiger partial charge on any atom is -0.508 e. The molecular weight excluding hydrogens is 262 g/mol. The van der Waals surface area contributed by atoms with Crippen molar-refractivity contribution in [2.75, 3.05) is 5.88 Å². The third-order valence-electron chi connectivity index (χ3n) is 3.97. The van der Waals surface area contributed by atoms with Gasteiger partial charge in [0.1, 0.15) is 5.75 Å². The van der Waals surface area contributed by atoms with Crippen LogP contribution in [0.15, 0.2) is 18.2 Å². The van der Waals surface area contributed by atoms with Crippen LogP contribution in [0.4, 0.5) is 0 Å². The first kappa shape index (κ1) is 14.2. The summed E-state index contributed by atoms with van der Waals surface area (Å²) in [5, 5.41) is 12.7. The number of halogens is 1. The molecule has 1 aliphatic carbocycles. The predicted octanol–water partition coefficient (Wildman–Crippen LogP) is 3.23. The molecule has 19 heavy (non-hydrogen) atoms. The lowest BCUT2D eigenvalue weighted by Gasteiger charge is -2.31. The zero-order valence-corrected chi connectivity index (χ0v) is 11.9. The van der Waals surface area contributed by atoms with Crippen molar-refractivity contribution < 1.29 is 9.90 Å². The largest absolute Gasteiger partial charge is 0.508 e. The molecule has 2 unspecified atom stereocenters. The number of benzene rings is 1. The number of carbonyl (C=O) groups is 1. The van der Waals surface area contributed by atoms with Crippen LogP contribution in [0.5, 0.6) is 5.75 Å². The summed E-state index contributed by atoms with van der Waals surface area (Å²) >= 11 is 5.97. The number of aromatic hydroxyl groups is 1. The summed E-state index contributed by atoms with van der Waals surface area (Å²) in [6.45, 7) is 1.75. The number of phenols is 1. The number of hydrogen-bond acceptors (Lipinski definition) is 2. The van der Waals surface area contributed by atoms with Crippen molar-refractivity contribution in [3.63, 3.8) is 0 Å². The fourth-order valence-corrected chi connectivity index (χ4v) is 3.07. The molecule has 1 aromatic rings. The van der Waals surface area contributed by atoms with Crippen LogP contribution in [0, 0.1) is 12.8 Å². The lowest BCUT2D eigenvalue weighted by Crippen LogP contribution is -2.43. The Morgan fingerprint density at radius 2 is 2.16 bits per heavy atom. The molecule has 0 saturated heterocycles. The van der Waals surface area contributed by atoms with Crippen molar-refractivity contribution in [2.24, 2.45) is 5.92 Å². The van der Waals surface area contributed by atoms with Crippen molar-refractivity contribution in [1.82, 2.24) is 5.32 Å². The van der Waals surface area contributed by atoms with Crippen molar-refractivity contribution in [3.8, 4) is 5.75 Å². The molecule has 0 spiro atoms. The molecule has 0 aliphatic heterocycles. The van der Waals surface area contributed by atoms with Crippen LogP contribution in [0.1, 0.15) is 41.6 Å². The second-order valence-corrected chi connectivity index (χ2v) is 5.54. The monoisotopic (exact) mass is 281 g/mol. The van der Waals surface area contributed by atoms with Crippen LogP contribution in [0.25, 0.3) is 0 Å². The highest BCUT2D eigenvalue weighted by Crippen LogP contribution is 2.26. The maximum Gasteiger partial charge on any atom is 0.251 e. The number of phenolic OH excluding ortho intramolecular Hbond substituents is 1. The molecule has 1 aliphatic rings. The molecular formula is C15H20ClNO2. The first-order valence-corrected chi connectivity index (χ1v) is 7.32. The van der Waals surface area contributed by atoms with Gasteiger partial charge in [0.15, 0.2) is 0 Å². The maximum atomic E-state index is 12.3. The topological polar surface area (TPSA) is 49.3 Å². The normalized spacial score (nSPS) is 23.1. The van der Waals surface area contributed by atoms with Gasteiger partial charge in [0.25, 0.3) is 5.91 Å². The van der Waals surface area contributed by atoms with Gasteiger partial charge < -0.3 is 10.4 Å². The van der Waals surface area contributed by atoms with E-state index in [1.165, 1.54) is 6.42 Å². The highest BCUT2D eigenvalue weighted by molar-refractivity contribution is 6.18. The molecule has 4 heteroatoms. The van der Waals surface area contributed by atoms with Gasteiger partial charge in [0.05, 0.1) is 0 Å². The Balaban J connectivity index is 2.09. The lowest BCUT2D eigenvalue weighted by molar-refractivity contribution is 0.0910. The van der Waals surface area contributed by atoms with E-state index in [1.54, 1.807) is 25.1 Å². The number of hydrogen-bond donors (Lipinski definition) is 2. The van der Waals surface area contributed by atoms with Crippen LogP contribution in [0.3, 0.4) is 0 Å². The molecule has 2 rings (SSSR count). The fourth-order valence-electron chi connectivity index (χ4n) is 2.70. The molecule has 1 fully saturated rings. The quantitative estimate of drug-likeness (QED) is 0.836. The van der Waals surface area contributed by atoms with Crippen LogP contribution in [-0.4, -0.2) is 22.9 Å². The maximum absolute atomic E-state index is 12.3. The minimum absolute atomic E-state index is 0.115. The van der Waals surface area contributed by atoms with E-state index in [-0.39, 0.29) is 17.7 Å². The Morgan fingerprint density at radius 3 is 2.89 bits per heavy atom. The Hall–Kier alpha value is -1.22. The number of nitrogens with one attached hydrogen (secondary N) is 1. The van der Waals surface area contributed by atoms with E-state index in [4.69, 9.17) is 11.6 Å². The molecule has 1 saturated carbocycles. The highest BCUT2D eigenvalue weighted by atomic mass is 35.5. The summed E-state index contributed by atoms with van der Waals surface area (Å²) in [5.74, 6) is 0.988. The van der Waals surface area contributed by atoms with Gasteiger partial charge in [-0.25, -0.2) is 0 Å². The molecule has 1 aromatic carbocycles. The van der Waals surface area contributed by atoms with Gasteiger partial charge in [-0.2, -0.15) is 0 Å². The van der Waals surface area contributed by atoms with E-state index in [1.807, 2.05) is 0 Å². The predicted molar refractivity (Wildman–Crippen MR) is 76.8 cm³/mol. The average Bonchev–Trinajstić information content (AvgIpc) is 2.42. The molecule has 0 bridgehead atoms. The van der Waals surface area contributed by atoms with Gasteiger partial charge in [0, 0.05) is 23.0 Å². The Bertz CT molecular complexity index is 461. The Labute approximate surface area is 119 Å². The number of amides is 1. The second kappa shape index (κ2) is 6.29. The van der Waals surface area contributed by atoms with Crippen molar-refractivity contribution in [2.45, 2.75) is 38.6 Å². The van der Waals surface area contributed by atoms with Crippen molar-refractivity contribution >= 4 is 17.5 Å². The lowest BCUT2D eigenvalue weighted by atomic mass is 9.85. The summed E-state index contributed by atoms with van der Waals surface area (Å²) in [7, 11) is 0. The summed E-state index contributed by atoms with van der Waals surface area (Å²) in [6.07, 6.45) is 4.39. The standard InChI is InChI=1S/C15H20ClNO2/c1-10-12(6-4-8-14(10)18)15(19)17-13-7-3-2-5-11(13)9-16/h4,6,8,11,13,18H,2-3,5,7,9H2,1H3,(H,17,19). The van der Waals surface area contributed by atoms with Crippen molar-refractivity contribution in [1.29, 1.82) is 0 Å². The van der Waals surface area contributed by atoms with E-state index < -0.39 is 0 Å². The van der Waals surface area contributed by atoms with Gasteiger partial charge >= 0.3 is 0 Å². The molecule has 0 radical (unpaired) electrons. The van der Waals surface area contributed by atoms with Crippen molar-refractivity contribution in [3.05, 3.63) is 29.3 Å². The molecule has 104 valence electrons. The smallest absolute Gasteiger partial charge is 0.251 e. The summed E-state index contributed by atoms with van der Waals surface area (Å²) in [5.41, 5.74) is 1.16. The highest BCUT2D eigenvalue weighted by Gasteiger charge is 2.26. The molecule has 2 N–H and O–H groups in total. The SMILES string of the molecule is Cc1c(O)cccc1C(=O)NC1CCCCC1CCl. The van der Waals surface area contributed by atoms with Crippen LogP contribution in [0.2, 0.25) is 0 Å². The van der Waals surface area contributed by atoms with Crippen LogP contribution >= 0.6 is 11.6 Å². The number of alkyl halides is 1. The summed E-state index contributed by atoms with van der Waals surface area (Å²) in [4.78, 5) is 12.3. The molecule has 2 atom stereocenters. The fraction of sp³-hybridized carbons (Fsp3) is 0.533. The van der Waals surface area contributed by atoms with Gasteiger partial charge in [-0.1, -0.05) is 18.9 Å². The van der Waals surface area contributed by atoms with Gasteiger partial charge in [-0.15, -0.1) is 11.6 Å². The Morgan fingerprint density at radius 1 is 1.42 bits per heavy atom. The molecule has 0 aromatic heterocycles. The summed E-state index contributed by atoms with van der Waals surface area (Å²) in [6, 6.07) is 5.18. The van der Waals surface area contributed by atoms with E-state index in [2.05, 4.69) is 5.32 Å². The number of rotatable bonds is 3. The van der Waals surface area contributed by atoms with Gasteiger partial charge in [-0.05, 0) is 37.8 Å². The molecule has 3 nitrogen and oxygen atoms in total.